The third kappa shape index (κ3) is 1.86. The number of carbonyl (C=O) groups excluding carboxylic acids is 1. The SMILES string of the molecule is Cc1nn(C)c2c1C(c1cccc(C#N)c1)CC(=O)N2. The van der Waals surface area contributed by atoms with Crippen LogP contribution < -0.4 is 5.32 Å². The Kier molecular flexibility index (Phi) is 2.79. The molecule has 5 heteroatoms. The van der Waals surface area contributed by atoms with Crippen molar-refractivity contribution in [2.75, 3.05) is 5.32 Å². The molecule has 2 heterocycles. The average molecular weight is 266 g/mol. The highest BCUT2D eigenvalue weighted by molar-refractivity contribution is 5.94. The molecule has 1 aromatic heterocycles. The van der Waals surface area contributed by atoms with Gasteiger partial charge in [0.25, 0.3) is 0 Å². The summed E-state index contributed by atoms with van der Waals surface area (Å²) in [6.45, 7) is 1.94. The van der Waals surface area contributed by atoms with Gasteiger partial charge in [-0.3, -0.25) is 9.48 Å². The summed E-state index contributed by atoms with van der Waals surface area (Å²) in [5, 5.41) is 16.3. The number of hydrogen-bond donors (Lipinski definition) is 1. The van der Waals surface area contributed by atoms with Crippen molar-refractivity contribution in [2.45, 2.75) is 19.3 Å². The molecular weight excluding hydrogens is 252 g/mol. The Morgan fingerprint density at radius 3 is 3.05 bits per heavy atom. The van der Waals surface area contributed by atoms with Gasteiger partial charge in [0.2, 0.25) is 5.91 Å². The van der Waals surface area contributed by atoms with Gasteiger partial charge < -0.3 is 5.32 Å². The lowest BCUT2D eigenvalue weighted by molar-refractivity contribution is -0.116. The standard InChI is InChI=1S/C15H14N4O/c1-9-14-12(11-5-3-4-10(6-11)8-16)7-13(20)17-15(14)19(2)18-9/h3-6,12H,7H2,1-2H3,(H,17,20). The topological polar surface area (TPSA) is 70.7 Å². The molecule has 1 aliphatic heterocycles. The first-order chi connectivity index (χ1) is 9.60. The van der Waals surface area contributed by atoms with E-state index in [-0.39, 0.29) is 11.8 Å². The number of aryl methyl sites for hydroxylation is 2. The monoisotopic (exact) mass is 266 g/mol. The number of benzene rings is 1. The first-order valence-corrected chi connectivity index (χ1v) is 6.43. The minimum absolute atomic E-state index is 0.0205. The van der Waals surface area contributed by atoms with Crippen LogP contribution in [0.2, 0.25) is 0 Å². The number of fused-ring (bicyclic) bond motifs is 1. The lowest BCUT2D eigenvalue weighted by atomic mass is 9.85. The second kappa shape index (κ2) is 4.49. The fraction of sp³-hybridized carbons (Fsp3) is 0.267. The van der Waals surface area contributed by atoms with E-state index >= 15 is 0 Å². The summed E-state index contributed by atoms with van der Waals surface area (Å²) in [6.07, 6.45) is 0.383. The van der Waals surface area contributed by atoms with E-state index in [0.29, 0.717) is 12.0 Å². The molecule has 0 aliphatic carbocycles. The number of aromatic nitrogens is 2. The Morgan fingerprint density at radius 2 is 2.30 bits per heavy atom. The molecule has 1 amide bonds. The van der Waals surface area contributed by atoms with E-state index in [0.717, 1.165) is 22.6 Å². The lowest BCUT2D eigenvalue weighted by Gasteiger charge is -2.24. The van der Waals surface area contributed by atoms with Crippen LogP contribution in [0.4, 0.5) is 5.82 Å². The largest absolute Gasteiger partial charge is 0.311 e. The van der Waals surface area contributed by atoms with Gasteiger partial charge in [-0.05, 0) is 24.6 Å². The van der Waals surface area contributed by atoms with E-state index in [2.05, 4.69) is 16.5 Å². The highest BCUT2D eigenvalue weighted by Gasteiger charge is 2.31. The Balaban J connectivity index is 2.15. The maximum atomic E-state index is 11.9. The van der Waals surface area contributed by atoms with E-state index in [1.807, 2.05) is 32.2 Å². The van der Waals surface area contributed by atoms with Crippen molar-refractivity contribution in [2.24, 2.45) is 7.05 Å². The second-order valence-corrected chi connectivity index (χ2v) is 5.01. The highest BCUT2D eigenvalue weighted by atomic mass is 16.1. The molecule has 1 unspecified atom stereocenters. The van der Waals surface area contributed by atoms with Gasteiger partial charge in [0, 0.05) is 24.9 Å². The molecule has 0 spiro atoms. The zero-order chi connectivity index (χ0) is 14.3. The minimum Gasteiger partial charge on any atom is -0.311 e. The summed E-state index contributed by atoms with van der Waals surface area (Å²) in [5.74, 6) is 0.694. The van der Waals surface area contributed by atoms with Crippen LogP contribution >= 0.6 is 0 Å². The van der Waals surface area contributed by atoms with Gasteiger partial charge in [0.15, 0.2) is 0 Å². The van der Waals surface area contributed by atoms with Gasteiger partial charge >= 0.3 is 0 Å². The van der Waals surface area contributed by atoms with Gasteiger partial charge in [-0.25, -0.2) is 0 Å². The molecule has 1 N–H and O–H groups in total. The number of anilines is 1. The fourth-order valence-corrected chi connectivity index (χ4v) is 2.82. The van der Waals surface area contributed by atoms with Crippen LogP contribution in [0.25, 0.3) is 0 Å². The molecule has 2 aromatic rings. The minimum atomic E-state index is -0.0410. The van der Waals surface area contributed by atoms with Crippen LogP contribution in [-0.2, 0) is 11.8 Å². The predicted molar refractivity (Wildman–Crippen MR) is 74.2 cm³/mol. The van der Waals surface area contributed by atoms with Gasteiger partial charge in [0.1, 0.15) is 5.82 Å². The van der Waals surface area contributed by atoms with Crippen LogP contribution in [0.1, 0.15) is 34.7 Å². The molecule has 0 saturated heterocycles. The van der Waals surface area contributed by atoms with Gasteiger partial charge in [-0.15, -0.1) is 0 Å². The molecule has 1 aliphatic rings. The summed E-state index contributed by atoms with van der Waals surface area (Å²) < 4.78 is 1.70. The molecule has 5 nitrogen and oxygen atoms in total. The third-order valence-electron chi connectivity index (χ3n) is 3.68. The van der Waals surface area contributed by atoms with Crippen molar-refractivity contribution in [3.05, 3.63) is 46.6 Å². The van der Waals surface area contributed by atoms with Crippen molar-refractivity contribution in [3.63, 3.8) is 0 Å². The molecule has 100 valence electrons. The molecular formula is C15H14N4O. The van der Waals surface area contributed by atoms with Crippen LogP contribution in [0.15, 0.2) is 24.3 Å². The maximum absolute atomic E-state index is 11.9. The van der Waals surface area contributed by atoms with Crippen LogP contribution in [0.5, 0.6) is 0 Å². The first kappa shape index (κ1) is 12.4. The second-order valence-electron chi connectivity index (χ2n) is 5.01. The maximum Gasteiger partial charge on any atom is 0.226 e. The lowest BCUT2D eigenvalue weighted by Crippen LogP contribution is -2.24. The van der Waals surface area contributed by atoms with Gasteiger partial charge in [-0.2, -0.15) is 10.4 Å². The number of rotatable bonds is 1. The zero-order valence-corrected chi connectivity index (χ0v) is 11.3. The van der Waals surface area contributed by atoms with E-state index < -0.39 is 0 Å². The summed E-state index contributed by atoms with van der Waals surface area (Å²) >= 11 is 0. The van der Waals surface area contributed by atoms with Crippen LogP contribution in [0, 0.1) is 18.3 Å². The van der Waals surface area contributed by atoms with Crippen molar-refractivity contribution in [3.8, 4) is 6.07 Å². The molecule has 0 bridgehead atoms. The molecule has 0 saturated carbocycles. The molecule has 1 aromatic carbocycles. The number of nitrogens with zero attached hydrogens (tertiary/aromatic N) is 3. The fourth-order valence-electron chi connectivity index (χ4n) is 2.82. The average Bonchev–Trinajstić information content (AvgIpc) is 2.73. The first-order valence-electron chi connectivity index (χ1n) is 6.43. The van der Waals surface area contributed by atoms with Crippen molar-refractivity contribution in [1.29, 1.82) is 5.26 Å². The Hall–Kier alpha value is -2.61. The van der Waals surface area contributed by atoms with E-state index in [1.54, 1.807) is 10.7 Å². The number of nitriles is 1. The number of hydrogen-bond acceptors (Lipinski definition) is 3. The summed E-state index contributed by atoms with van der Waals surface area (Å²) in [4.78, 5) is 11.9. The van der Waals surface area contributed by atoms with Crippen LogP contribution in [0.3, 0.4) is 0 Å². The van der Waals surface area contributed by atoms with E-state index in [4.69, 9.17) is 5.26 Å². The molecule has 20 heavy (non-hydrogen) atoms. The summed E-state index contributed by atoms with van der Waals surface area (Å²) in [5.41, 5.74) is 3.55. The van der Waals surface area contributed by atoms with E-state index in [1.165, 1.54) is 0 Å². The van der Waals surface area contributed by atoms with Crippen molar-refractivity contribution < 1.29 is 4.79 Å². The Morgan fingerprint density at radius 1 is 1.50 bits per heavy atom. The summed E-state index contributed by atoms with van der Waals surface area (Å²) in [7, 11) is 1.82. The molecule has 3 rings (SSSR count). The number of nitrogens with one attached hydrogen (secondary N) is 1. The number of amides is 1. The van der Waals surface area contributed by atoms with E-state index in [9.17, 15) is 4.79 Å². The Labute approximate surface area is 116 Å². The number of carbonyl (C=O) groups is 1. The van der Waals surface area contributed by atoms with Crippen LogP contribution in [-0.4, -0.2) is 15.7 Å². The summed E-state index contributed by atoms with van der Waals surface area (Å²) in [6, 6.07) is 9.57. The Bertz CT molecular complexity index is 739. The quantitative estimate of drug-likeness (QED) is 0.859. The molecule has 1 atom stereocenters. The third-order valence-corrected chi connectivity index (χ3v) is 3.68. The van der Waals surface area contributed by atoms with Gasteiger partial charge in [0.05, 0.1) is 17.3 Å². The normalized spacial score (nSPS) is 17.2. The molecule has 0 radical (unpaired) electrons. The van der Waals surface area contributed by atoms with Gasteiger partial charge in [-0.1, -0.05) is 12.1 Å². The predicted octanol–water partition coefficient (Wildman–Crippen LogP) is 2.07. The van der Waals surface area contributed by atoms with Crippen molar-refractivity contribution in [1.82, 2.24) is 9.78 Å². The smallest absolute Gasteiger partial charge is 0.226 e. The molecule has 0 fully saturated rings. The van der Waals surface area contributed by atoms with Crippen molar-refractivity contribution >= 4 is 11.7 Å². The highest BCUT2D eigenvalue weighted by Crippen LogP contribution is 2.38. The zero-order valence-electron chi connectivity index (χ0n) is 11.3.